The second kappa shape index (κ2) is 3.33. The predicted octanol–water partition coefficient (Wildman–Crippen LogP) is 1.27. The van der Waals surface area contributed by atoms with E-state index in [2.05, 4.69) is 4.98 Å². The van der Waals surface area contributed by atoms with E-state index in [0.29, 0.717) is 0 Å². The summed E-state index contributed by atoms with van der Waals surface area (Å²) >= 11 is 1.50. The van der Waals surface area contributed by atoms with Crippen molar-refractivity contribution in [1.29, 1.82) is 0 Å². The number of methoxy groups -OCH3 is 1. The number of rotatable bonds is 4. The molecule has 5 heteroatoms. The molecule has 4 nitrogen and oxygen atoms in total. The van der Waals surface area contributed by atoms with Gasteiger partial charge in [-0.25, -0.2) is 9.78 Å². The highest BCUT2D eigenvalue weighted by molar-refractivity contribution is 7.09. The lowest BCUT2D eigenvalue weighted by molar-refractivity contribution is -0.150. The van der Waals surface area contributed by atoms with Crippen molar-refractivity contribution in [1.82, 2.24) is 4.98 Å². The maximum atomic E-state index is 11.0. The molecule has 1 fully saturated rings. The lowest BCUT2D eigenvalue weighted by atomic mass is 10.0. The van der Waals surface area contributed by atoms with Gasteiger partial charge in [0.1, 0.15) is 5.01 Å². The van der Waals surface area contributed by atoms with Gasteiger partial charge in [-0.3, -0.25) is 0 Å². The molecule has 0 bridgehead atoms. The van der Waals surface area contributed by atoms with Crippen LogP contribution in [0, 0.1) is 0 Å². The summed E-state index contributed by atoms with van der Waals surface area (Å²) in [5.74, 6) is -0.903. The van der Waals surface area contributed by atoms with Crippen LogP contribution in [0.15, 0.2) is 11.6 Å². The van der Waals surface area contributed by atoms with Crippen LogP contribution < -0.4 is 0 Å². The Bertz CT molecular complexity index is 332. The number of carboxylic acid groups (broad SMARTS) is 1. The first-order chi connectivity index (χ1) is 6.70. The van der Waals surface area contributed by atoms with Crippen molar-refractivity contribution >= 4 is 17.3 Å². The molecule has 76 valence electrons. The molecule has 1 aliphatic rings. The molecule has 0 aromatic carbocycles. The van der Waals surface area contributed by atoms with Crippen molar-refractivity contribution in [2.45, 2.75) is 24.4 Å². The lowest BCUT2D eigenvalue weighted by Crippen LogP contribution is -2.35. The van der Waals surface area contributed by atoms with Crippen LogP contribution in [0.4, 0.5) is 0 Å². The van der Waals surface area contributed by atoms with E-state index in [1.54, 1.807) is 6.20 Å². The monoisotopic (exact) mass is 213 g/mol. The minimum absolute atomic E-state index is 0.352. The summed E-state index contributed by atoms with van der Waals surface area (Å²) in [7, 11) is 1.44. The Kier molecular flexibility index (Phi) is 2.28. The van der Waals surface area contributed by atoms with Crippen molar-refractivity contribution in [3.8, 4) is 0 Å². The molecule has 0 amide bonds. The summed E-state index contributed by atoms with van der Waals surface area (Å²) in [5, 5.41) is 11.7. The van der Waals surface area contributed by atoms with Crippen LogP contribution in [0.3, 0.4) is 0 Å². The number of hydrogen-bond donors (Lipinski definition) is 1. The van der Waals surface area contributed by atoms with Gasteiger partial charge in [0.25, 0.3) is 0 Å². The number of nitrogens with zero attached hydrogens (tertiary/aromatic N) is 1. The van der Waals surface area contributed by atoms with Crippen molar-refractivity contribution in [2.75, 3.05) is 7.11 Å². The Morgan fingerprint density at radius 1 is 1.79 bits per heavy atom. The van der Waals surface area contributed by atoms with Crippen molar-refractivity contribution in [3.05, 3.63) is 16.6 Å². The zero-order chi connectivity index (χ0) is 10.2. The van der Waals surface area contributed by atoms with Gasteiger partial charge in [-0.05, 0) is 12.8 Å². The molecule has 14 heavy (non-hydrogen) atoms. The van der Waals surface area contributed by atoms with E-state index >= 15 is 0 Å². The van der Waals surface area contributed by atoms with Gasteiger partial charge >= 0.3 is 5.97 Å². The summed E-state index contributed by atoms with van der Waals surface area (Å²) in [5.41, 5.74) is -0.352. The number of ether oxygens (including phenoxy) is 1. The van der Waals surface area contributed by atoms with E-state index in [1.807, 2.05) is 5.38 Å². The van der Waals surface area contributed by atoms with Crippen LogP contribution in [0.1, 0.15) is 17.8 Å². The van der Waals surface area contributed by atoms with E-state index in [-0.39, 0.29) is 5.41 Å². The van der Waals surface area contributed by atoms with Gasteiger partial charge in [0.05, 0.1) is 5.41 Å². The number of thiazole rings is 1. The van der Waals surface area contributed by atoms with Gasteiger partial charge in [-0.15, -0.1) is 11.3 Å². The van der Waals surface area contributed by atoms with Crippen molar-refractivity contribution in [2.24, 2.45) is 0 Å². The van der Waals surface area contributed by atoms with Crippen molar-refractivity contribution < 1.29 is 14.6 Å². The summed E-state index contributed by atoms with van der Waals surface area (Å²) in [6, 6.07) is 0. The fraction of sp³-hybridized carbons (Fsp3) is 0.556. The molecule has 1 atom stereocenters. The number of carboxylic acids is 1. The molecule has 2 rings (SSSR count). The zero-order valence-electron chi connectivity index (χ0n) is 7.77. The highest BCUT2D eigenvalue weighted by atomic mass is 32.1. The van der Waals surface area contributed by atoms with E-state index in [9.17, 15) is 4.79 Å². The van der Waals surface area contributed by atoms with E-state index in [1.165, 1.54) is 18.4 Å². The minimum Gasteiger partial charge on any atom is -0.479 e. The molecule has 1 saturated carbocycles. The van der Waals surface area contributed by atoms with Crippen LogP contribution >= 0.6 is 11.3 Å². The Morgan fingerprint density at radius 3 is 2.86 bits per heavy atom. The van der Waals surface area contributed by atoms with E-state index in [4.69, 9.17) is 9.84 Å². The Hall–Kier alpha value is -0.940. The third-order valence-electron chi connectivity index (χ3n) is 2.61. The van der Waals surface area contributed by atoms with E-state index < -0.39 is 12.1 Å². The Labute approximate surface area is 85.5 Å². The summed E-state index contributed by atoms with van der Waals surface area (Å²) in [4.78, 5) is 15.1. The van der Waals surface area contributed by atoms with Gasteiger partial charge in [0.15, 0.2) is 6.10 Å². The molecule has 1 aliphatic carbocycles. The fourth-order valence-electron chi connectivity index (χ4n) is 1.75. The molecule has 0 saturated heterocycles. The average Bonchev–Trinajstić information content (AvgIpc) is 2.76. The molecule has 1 heterocycles. The quantitative estimate of drug-likeness (QED) is 0.818. The molecular formula is C9H11NO3S. The summed E-state index contributed by atoms with van der Waals surface area (Å²) in [6.45, 7) is 0. The standard InChI is InChI=1S/C9H11NO3S/c1-13-6(7(11)12)9(2-3-9)8-10-4-5-14-8/h4-6H,2-3H2,1H3,(H,11,12). The van der Waals surface area contributed by atoms with Gasteiger partial charge in [0, 0.05) is 18.7 Å². The van der Waals surface area contributed by atoms with E-state index in [0.717, 1.165) is 17.8 Å². The Morgan fingerprint density at radius 2 is 2.50 bits per heavy atom. The maximum absolute atomic E-state index is 11.0. The van der Waals surface area contributed by atoms with Crippen LogP contribution in [0.5, 0.6) is 0 Å². The minimum atomic E-state index is -0.903. The first kappa shape index (κ1) is 9.61. The molecular weight excluding hydrogens is 202 g/mol. The smallest absolute Gasteiger partial charge is 0.333 e. The molecule has 1 N–H and O–H groups in total. The predicted molar refractivity (Wildman–Crippen MR) is 51.5 cm³/mol. The highest BCUT2D eigenvalue weighted by Crippen LogP contribution is 2.52. The summed E-state index contributed by atoms with van der Waals surface area (Å²) in [6.07, 6.45) is 2.65. The number of hydrogen-bond acceptors (Lipinski definition) is 4. The average molecular weight is 213 g/mol. The lowest BCUT2D eigenvalue weighted by Gasteiger charge is -2.19. The summed E-state index contributed by atoms with van der Waals surface area (Å²) < 4.78 is 5.03. The second-order valence-electron chi connectivity index (χ2n) is 3.45. The largest absolute Gasteiger partial charge is 0.479 e. The molecule has 1 aromatic heterocycles. The van der Waals surface area contributed by atoms with Crippen LogP contribution in [0.2, 0.25) is 0 Å². The number of carbonyl (C=O) groups is 1. The molecule has 1 aromatic rings. The topological polar surface area (TPSA) is 59.4 Å². The van der Waals surface area contributed by atoms with Gasteiger partial charge in [-0.2, -0.15) is 0 Å². The molecule has 0 aliphatic heterocycles. The third-order valence-corrected chi connectivity index (χ3v) is 3.60. The fourth-order valence-corrected chi connectivity index (χ4v) is 2.67. The van der Waals surface area contributed by atoms with Gasteiger partial charge in [-0.1, -0.05) is 0 Å². The third kappa shape index (κ3) is 1.33. The molecule has 1 unspecified atom stereocenters. The molecule has 0 radical (unpaired) electrons. The van der Waals surface area contributed by atoms with Crippen molar-refractivity contribution in [3.63, 3.8) is 0 Å². The number of aliphatic carboxylic acids is 1. The molecule has 0 spiro atoms. The highest BCUT2D eigenvalue weighted by Gasteiger charge is 2.56. The number of aromatic nitrogens is 1. The van der Waals surface area contributed by atoms with Crippen LogP contribution in [-0.4, -0.2) is 29.3 Å². The SMILES string of the molecule is COC(C(=O)O)C1(c2nccs2)CC1. The van der Waals surface area contributed by atoms with Crippen LogP contribution in [0.25, 0.3) is 0 Å². The Balaban J connectivity index is 2.28. The van der Waals surface area contributed by atoms with Crippen LogP contribution in [-0.2, 0) is 14.9 Å². The first-order valence-electron chi connectivity index (χ1n) is 4.36. The second-order valence-corrected chi connectivity index (χ2v) is 4.34. The normalized spacial score (nSPS) is 20.4. The first-order valence-corrected chi connectivity index (χ1v) is 5.24. The zero-order valence-corrected chi connectivity index (χ0v) is 8.58. The maximum Gasteiger partial charge on any atom is 0.333 e. The van der Waals surface area contributed by atoms with Gasteiger partial charge < -0.3 is 9.84 Å². The van der Waals surface area contributed by atoms with Gasteiger partial charge in [0.2, 0.25) is 0 Å².